The van der Waals surface area contributed by atoms with E-state index in [0.29, 0.717) is 11.3 Å². The van der Waals surface area contributed by atoms with Crippen molar-refractivity contribution in [3.8, 4) is 0 Å². The minimum atomic E-state index is -0.231. The van der Waals surface area contributed by atoms with E-state index in [1.54, 1.807) is 6.92 Å². The summed E-state index contributed by atoms with van der Waals surface area (Å²) in [5, 5.41) is 0. The summed E-state index contributed by atoms with van der Waals surface area (Å²) in [6, 6.07) is 0. The van der Waals surface area contributed by atoms with Gasteiger partial charge in [0.05, 0.1) is 5.60 Å². The fourth-order valence-corrected chi connectivity index (χ4v) is 6.30. The number of unbranched alkanes of at least 4 members (excludes halogenated alkanes) is 2. The topological polar surface area (TPSA) is 35.5 Å². The van der Waals surface area contributed by atoms with E-state index in [2.05, 4.69) is 13.8 Å². The van der Waals surface area contributed by atoms with Crippen LogP contribution in [0.15, 0.2) is 0 Å². The predicted octanol–water partition coefficient (Wildman–Crippen LogP) is 5.02. The van der Waals surface area contributed by atoms with Crippen LogP contribution in [0.5, 0.6) is 0 Å². The van der Waals surface area contributed by atoms with Crippen molar-refractivity contribution in [3.63, 3.8) is 0 Å². The molecule has 0 aromatic heterocycles. The number of rotatable bonds is 8. The van der Waals surface area contributed by atoms with Gasteiger partial charge in [-0.05, 0) is 56.3 Å². The maximum atomic E-state index is 11.7. The van der Waals surface area contributed by atoms with Gasteiger partial charge in [0.15, 0.2) is 0 Å². The van der Waals surface area contributed by atoms with Crippen LogP contribution in [-0.2, 0) is 14.3 Å². The molecule has 0 radical (unpaired) electrons. The van der Waals surface area contributed by atoms with Gasteiger partial charge in [0, 0.05) is 20.0 Å². The lowest BCUT2D eigenvalue weighted by molar-refractivity contribution is -0.257. The van der Waals surface area contributed by atoms with Crippen molar-refractivity contribution in [2.45, 2.75) is 103 Å². The van der Waals surface area contributed by atoms with Crippen LogP contribution in [0, 0.1) is 11.3 Å². The molecule has 4 aliphatic rings. The Hall–Kier alpha value is -0.570. The fraction of sp³-hybridized carbons (Fsp3) is 0.950. The molecular formula is C20H34O3. The molecule has 0 aromatic carbocycles. The predicted molar refractivity (Wildman–Crippen MR) is 91.2 cm³/mol. The summed E-state index contributed by atoms with van der Waals surface area (Å²) in [7, 11) is 0. The zero-order chi connectivity index (χ0) is 16.6. The van der Waals surface area contributed by atoms with Crippen LogP contribution in [-0.4, -0.2) is 23.8 Å². The summed E-state index contributed by atoms with van der Waals surface area (Å²) < 4.78 is 12.5. The summed E-state index contributed by atoms with van der Waals surface area (Å²) in [6.45, 7) is 6.92. The molecule has 0 heterocycles. The van der Waals surface area contributed by atoms with Gasteiger partial charge >= 0.3 is 5.97 Å². The molecule has 3 nitrogen and oxygen atoms in total. The lowest BCUT2D eigenvalue weighted by Gasteiger charge is -2.65. The highest BCUT2D eigenvalue weighted by atomic mass is 16.6. The van der Waals surface area contributed by atoms with Gasteiger partial charge < -0.3 is 9.47 Å². The molecule has 4 atom stereocenters. The van der Waals surface area contributed by atoms with Gasteiger partial charge in [0.2, 0.25) is 0 Å². The minimum absolute atomic E-state index is 0.0161. The van der Waals surface area contributed by atoms with Gasteiger partial charge in [-0.2, -0.15) is 0 Å². The average molecular weight is 322 g/mol. The Morgan fingerprint density at radius 2 is 1.70 bits per heavy atom. The lowest BCUT2D eigenvalue weighted by Crippen LogP contribution is -2.65. The second-order valence-corrected chi connectivity index (χ2v) is 8.77. The van der Waals surface area contributed by atoms with Crippen LogP contribution in [0.2, 0.25) is 0 Å². The quantitative estimate of drug-likeness (QED) is 0.465. The van der Waals surface area contributed by atoms with Gasteiger partial charge in [-0.15, -0.1) is 0 Å². The lowest BCUT2D eigenvalue weighted by atomic mass is 9.45. The Morgan fingerprint density at radius 3 is 2.39 bits per heavy atom. The van der Waals surface area contributed by atoms with Gasteiger partial charge in [0.25, 0.3) is 0 Å². The number of carbonyl (C=O) groups excluding carboxylic acids is 1. The molecule has 0 aromatic rings. The summed E-state index contributed by atoms with van der Waals surface area (Å²) in [4.78, 5) is 11.7. The zero-order valence-electron chi connectivity index (χ0n) is 15.3. The smallest absolute Gasteiger partial charge is 0.303 e. The third kappa shape index (κ3) is 3.45. The zero-order valence-corrected chi connectivity index (χ0v) is 15.3. The summed E-state index contributed by atoms with van der Waals surface area (Å²) >= 11 is 0. The molecule has 0 unspecified atom stereocenters. The monoisotopic (exact) mass is 322 g/mol. The van der Waals surface area contributed by atoms with Crippen molar-refractivity contribution < 1.29 is 14.3 Å². The second kappa shape index (κ2) is 6.38. The minimum Gasteiger partial charge on any atom is -0.459 e. The highest BCUT2D eigenvalue weighted by molar-refractivity contribution is 5.66. The molecule has 3 heteroatoms. The number of hydrogen-bond acceptors (Lipinski definition) is 3. The van der Waals surface area contributed by atoms with E-state index < -0.39 is 0 Å². The van der Waals surface area contributed by atoms with Crippen LogP contribution < -0.4 is 0 Å². The highest BCUT2D eigenvalue weighted by Gasteiger charge is 2.65. The van der Waals surface area contributed by atoms with Gasteiger partial charge in [0.1, 0.15) is 5.60 Å². The molecule has 4 rings (SSSR count). The van der Waals surface area contributed by atoms with Crippen molar-refractivity contribution in [1.29, 1.82) is 0 Å². The van der Waals surface area contributed by atoms with Crippen molar-refractivity contribution in [2.24, 2.45) is 11.3 Å². The molecule has 0 aliphatic heterocycles. The van der Waals surface area contributed by atoms with Crippen molar-refractivity contribution in [3.05, 3.63) is 0 Å². The van der Waals surface area contributed by atoms with Crippen LogP contribution in [0.1, 0.15) is 91.4 Å². The van der Waals surface area contributed by atoms with Crippen molar-refractivity contribution >= 4 is 5.97 Å². The number of hydrogen-bond donors (Lipinski definition) is 0. The first-order valence-corrected chi connectivity index (χ1v) is 9.78. The first-order chi connectivity index (χ1) is 10.9. The Balaban J connectivity index is 1.83. The first-order valence-electron chi connectivity index (χ1n) is 9.78. The first kappa shape index (κ1) is 17.3. The van der Waals surface area contributed by atoms with Crippen LogP contribution >= 0.6 is 0 Å². The van der Waals surface area contributed by atoms with E-state index in [4.69, 9.17) is 9.47 Å². The Kier molecular flexibility index (Phi) is 4.79. The Morgan fingerprint density at radius 1 is 1.00 bits per heavy atom. The SMILES string of the molecule is CCCCO[C@@]12C[C@H]3C[C@@](CCCC)(C1)C[C@](OC(C)=O)(C3)C2. The third-order valence-electron chi connectivity index (χ3n) is 6.41. The maximum Gasteiger partial charge on any atom is 0.303 e. The normalized spacial score (nSPS) is 41.3. The molecule has 0 amide bonds. The molecule has 4 bridgehead atoms. The van der Waals surface area contributed by atoms with Crippen molar-refractivity contribution in [1.82, 2.24) is 0 Å². The van der Waals surface area contributed by atoms with E-state index >= 15 is 0 Å². The van der Waals surface area contributed by atoms with E-state index in [1.807, 2.05) is 0 Å². The van der Waals surface area contributed by atoms with Gasteiger partial charge in [-0.25, -0.2) is 0 Å². The molecule has 23 heavy (non-hydrogen) atoms. The van der Waals surface area contributed by atoms with E-state index in [9.17, 15) is 4.79 Å². The van der Waals surface area contributed by atoms with Crippen LogP contribution in [0.25, 0.3) is 0 Å². The number of esters is 1. The Bertz CT molecular complexity index is 448. The fourth-order valence-electron chi connectivity index (χ4n) is 6.30. The van der Waals surface area contributed by atoms with Crippen molar-refractivity contribution in [2.75, 3.05) is 6.61 Å². The van der Waals surface area contributed by atoms with E-state index in [-0.39, 0.29) is 17.2 Å². The summed E-state index contributed by atoms with van der Waals surface area (Å²) in [5.41, 5.74) is 0.111. The van der Waals surface area contributed by atoms with E-state index in [1.165, 1.54) is 44.9 Å². The molecule has 4 fully saturated rings. The molecule has 0 N–H and O–H groups in total. The summed E-state index contributed by atoms with van der Waals surface area (Å²) in [6.07, 6.45) is 12.9. The largest absolute Gasteiger partial charge is 0.459 e. The van der Waals surface area contributed by atoms with Crippen LogP contribution in [0.4, 0.5) is 0 Å². The van der Waals surface area contributed by atoms with Crippen LogP contribution in [0.3, 0.4) is 0 Å². The molecular weight excluding hydrogens is 288 g/mol. The number of ether oxygens (including phenoxy) is 2. The molecule has 132 valence electrons. The van der Waals surface area contributed by atoms with E-state index in [0.717, 1.165) is 32.3 Å². The molecule has 0 spiro atoms. The molecule has 4 aliphatic carbocycles. The number of carbonyl (C=O) groups is 1. The average Bonchev–Trinajstić information content (AvgIpc) is 2.42. The maximum absolute atomic E-state index is 11.7. The molecule has 4 saturated carbocycles. The van der Waals surface area contributed by atoms with Gasteiger partial charge in [-0.3, -0.25) is 4.79 Å². The highest BCUT2D eigenvalue weighted by Crippen LogP contribution is 2.66. The third-order valence-corrected chi connectivity index (χ3v) is 6.41. The standard InChI is InChI=1S/C20H34O3/c1-4-6-8-18-10-17-11-19(13-18,22-9-7-5-2)15-20(12-17,14-18)23-16(3)21/h17H,4-15H2,1-3H3/t17-,18+,19+,20-/m1/s1. The van der Waals surface area contributed by atoms with Gasteiger partial charge in [-0.1, -0.05) is 33.1 Å². The Labute approximate surface area is 141 Å². The molecule has 0 saturated heterocycles. The summed E-state index contributed by atoms with van der Waals surface area (Å²) in [5.74, 6) is 0.574. The second-order valence-electron chi connectivity index (χ2n) is 8.77.